The SMILES string of the molecule is CC(=O)NC(Cc1c[nH]c2ccccc12)C(=O)Nc1ncc(Cc2ccc(F)cc2)s1. The molecule has 4 aromatic rings. The van der Waals surface area contributed by atoms with Crippen molar-refractivity contribution in [3.63, 3.8) is 0 Å². The monoisotopic (exact) mass is 436 g/mol. The summed E-state index contributed by atoms with van der Waals surface area (Å²) in [6.45, 7) is 1.39. The van der Waals surface area contributed by atoms with Crippen molar-refractivity contribution in [2.45, 2.75) is 25.8 Å². The highest BCUT2D eigenvalue weighted by molar-refractivity contribution is 7.15. The van der Waals surface area contributed by atoms with Crippen molar-refractivity contribution in [2.24, 2.45) is 0 Å². The van der Waals surface area contributed by atoms with Crippen molar-refractivity contribution in [1.29, 1.82) is 0 Å². The Morgan fingerprint density at radius 3 is 2.71 bits per heavy atom. The third-order valence-electron chi connectivity index (χ3n) is 4.87. The number of hydrogen-bond donors (Lipinski definition) is 3. The molecule has 31 heavy (non-hydrogen) atoms. The quantitative estimate of drug-likeness (QED) is 0.409. The molecule has 2 aromatic carbocycles. The summed E-state index contributed by atoms with van der Waals surface area (Å²) < 4.78 is 13.1. The van der Waals surface area contributed by atoms with Crippen molar-refractivity contribution in [2.75, 3.05) is 5.32 Å². The molecule has 2 amide bonds. The maximum absolute atomic E-state index is 13.1. The summed E-state index contributed by atoms with van der Waals surface area (Å²) in [7, 11) is 0. The Morgan fingerprint density at radius 1 is 1.16 bits per heavy atom. The maximum atomic E-state index is 13.1. The summed E-state index contributed by atoms with van der Waals surface area (Å²) in [6, 6.07) is 13.4. The number of halogens is 1. The highest BCUT2D eigenvalue weighted by Crippen LogP contribution is 2.23. The molecule has 2 heterocycles. The van der Waals surface area contributed by atoms with Crippen molar-refractivity contribution in [3.8, 4) is 0 Å². The van der Waals surface area contributed by atoms with E-state index in [0.29, 0.717) is 18.0 Å². The van der Waals surface area contributed by atoms with Gasteiger partial charge in [0.25, 0.3) is 0 Å². The first-order valence-corrected chi connectivity index (χ1v) is 10.6. The second kappa shape index (κ2) is 9.09. The number of rotatable bonds is 7. The molecule has 0 spiro atoms. The zero-order chi connectivity index (χ0) is 21.8. The Kier molecular flexibility index (Phi) is 6.08. The first-order valence-electron chi connectivity index (χ1n) is 9.80. The van der Waals surface area contributed by atoms with Crippen LogP contribution in [0.2, 0.25) is 0 Å². The van der Waals surface area contributed by atoms with E-state index < -0.39 is 6.04 Å². The zero-order valence-electron chi connectivity index (χ0n) is 16.8. The van der Waals surface area contributed by atoms with E-state index in [2.05, 4.69) is 20.6 Å². The molecule has 6 nitrogen and oxygen atoms in total. The molecule has 0 saturated carbocycles. The van der Waals surface area contributed by atoms with E-state index in [1.54, 1.807) is 18.3 Å². The maximum Gasteiger partial charge on any atom is 0.249 e. The molecular weight excluding hydrogens is 415 g/mol. The van der Waals surface area contributed by atoms with Gasteiger partial charge in [-0.25, -0.2) is 9.37 Å². The van der Waals surface area contributed by atoms with Gasteiger partial charge in [0, 0.05) is 47.9 Å². The fourth-order valence-corrected chi connectivity index (χ4v) is 4.27. The van der Waals surface area contributed by atoms with Crippen LogP contribution in [-0.2, 0) is 22.4 Å². The van der Waals surface area contributed by atoms with E-state index in [1.807, 2.05) is 30.5 Å². The van der Waals surface area contributed by atoms with Crippen LogP contribution >= 0.6 is 11.3 Å². The fraction of sp³-hybridized carbons (Fsp3) is 0.174. The average molecular weight is 437 g/mol. The molecule has 0 fully saturated rings. The van der Waals surface area contributed by atoms with E-state index in [-0.39, 0.29) is 17.6 Å². The van der Waals surface area contributed by atoms with Gasteiger partial charge in [-0.2, -0.15) is 0 Å². The fourth-order valence-electron chi connectivity index (χ4n) is 3.42. The summed E-state index contributed by atoms with van der Waals surface area (Å²) >= 11 is 1.35. The minimum atomic E-state index is -0.735. The molecule has 3 N–H and O–H groups in total. The molecule has 0 bridgehead atoms. The first-order chi connectivity index (χ1) is 15.0. The van der Waals surface area contributed by atoms with Gasteiger partial charge < -0.3 is 15.6 Å². The van der Waals surface area contributed by atoms with Crippen LogP contribution in [0.1, 0.15) is 22.9 Å². The van der Waals surface area contributed by atoms with Crippen LogP contribution in [0.3, 0.4) is 0 Å². The van der Waals surface area contributed by atoms with E-state index in [9.17, 15) is 14.0 Å². The first kappa shape index (κ1) is 20.7. The number of amides is 2. The summed E-state index contributed by atoms with van der Waals surface area (Å²) in [5, 5.41) is 7.01. The van der Waals surface area contributed by atoms with Crippen molar-refractivity contribution in [1.82, 2.24) is 15.3 Å². The van der Waals surface area contributed by atoms with E-state index in [4.69, 9.17) is 0 Å². The Labute approximate surface area is 182 Å². The molecule has 158 valence electrons. The predicted molar refractivity (Wildman–Crippen MR) is 120 cm³/mol. The van der Waals surface area contributed by atoms with Gasteiger partial charge in [0.2, 0.25) is 11.8 Å². The second-order valence-electron chi connectivity index (χ2n) is 7.24. The number of para-hydroxylation sites is 1. The second-order valence-corrected chi connectivity index (χ2v) is 8.36. The van der Waals surface area contributed by atoms with Crippen molar-refractivity contribution in [3.05, 3.63) is 82.7 Å². The molecule has 1 unspecified atom stereocenters. The number of aromatic nitrogens is 2. The van der Waals surface area contributed by atoms with Crippen LogP contribution in [0.25, 0.3) is 10.9 Å². The van der Waals surface area contributed by atoms with Gasteiger partial charge in [0.1, 0.15) is 11.9 Å². The lowest BCUT2D eigenvalue weighted by Crippen LogP contribution is -2.44. The van der Waals surface area contributed by atoms with Crippen LogP contribution in [0.4, 0.5) is 9.52 Å². The van der Waals surface area contributed by atoms with Crippen LogP contribution in [0.15, 0.2) is 60.9 Å². The van der Waals surface area contributed by atoms with Crippen molar-refractivity contribution >= 4 is 39.2 Å². The number of anilines is 1. The Hall–Kier alpha value is -3.52. The highest BCUT2D eigenvalue weighted by Gasteiger charge is 2.22. The molecule has 2 aromatic heterocycles. The third-order valence-corrected chi connectivity index (χ3v) is 5.78. The number of carbonyl (C=O) groups is 2. The molecule has 0 aliphatic heterocycles. The number of aromatic amines is 1. The van der Waals surface area contributed by atoms with Crippen LogP contribution in [0, 0.1) is 5.82 Å². The number of nitrogens with one attached hydrogen (secondary N) is 3. The molecule has 1 atom stereocenters. The van der Waals surface area contributed by atoms with Crippen molar-refractivity contribution < 1.29 is 14.0 Å². The van der Waals surface area contributed by atoms with Gasteiger partial charge in [0.15, 0.2) is 5.13 Å². The molecule has 8 heteroatoms. The lowest BCUT2D eigenvalue weighted by atomic mass is 10.0. The largest absolute Gasteiger partial charge is 0.361 e. The third kappa shape index (κ3) is 5.16. The lowest BCUT2D eigenvalue weighted by molar-refractivity contribution is -0.125. The average Bonchev–Trinajstić information content (AvgIpc) is 3.36. The number of carbonyl (C=O) groups excluding carboxylic acids is 2. The summed E-state index contributed by atoms with van der Waals surface area (Å²) in [6.07, 6.45) is 4.50. The van der Waals surface area contributed by atoms with Gasteiger partial charge in [0.05, 0.1) is 0 Å². The Bertz CT molecular complexity index is 1220. The molecule has 4 rings (SSSR count). The Balaban J connectivity index is 1.46. The molecule has 0 aliphatic rings. The normalized spacial score (nSPS) is 11.9. The van der Waals surface area contributed by atoms with Gasteiger partial charge in [-0.1, -0.05) is 30.3 Å². The smallest absolute Gasteiger partial charge is 0.249 e. The van der Waals surface area contributed by atoms with Gasteiger partial charge in [-0.15, -0.1) is 11.3 Å². The van der Waals surface area contributed by atoms with E-state index in [0.717, 1.165) is 26.9 Å². The minimum Gasteiger partial charge on any atom is -0.361 e. The van der Waals surface area contributed by atoms with Gasteiger partial charge >= 0.3 is 0 Å². The summed E-state index contributed by atoms with van der Waals surface area (Å²) in [4.78, 5) is 33.0. The number of nitrogens with zero attached hydrogens (tertiary/aromatic N) is 1. The standard InChI is InChI=1S/C23H21FN4O2S/c1-14(29)27-21(11-16-12-25-20-5-3-2-4-19(16)20)22(30)28-23-26-13-18(31-23)10-15-6-8-17(24)9-7-15/h2-9,12-13,21,25H,10-11H2,1H3,(H,27,29)(H,26,28,30). The molecule has 0 radical (unpaired) electrons. The van der Waals surface area contributed by atoms with E-state index >= 15 is 0 Å². The summed E-state index contributed by atoms with van der Waals surface area (Å²) in [5.41, 5.74) is 2.88. The van der Waals surface area contributed by atoms with Gasteiger partial charge in [-0.3, -0.25) is 9.59 Å². The van der Waals surface area contributed by atoms with Crippen LogP contribution in [0.5, 0.6) is 0 Å². The number of benzene rings is 2. The Morgan fingerprint density at radius 2 is 1.94 bits per heavy atom. The van der Waals surface area contributed by atoms with Crippen LogP contribution < -0.4 is 10.6 Å². The number of thiazole rings is 1. The lowest BCUT2D eigenvalue weighted by Gasteiger charge is -2.16. The van der Waals surface area contributed by atoms with Crippen LogP contribution in [-0.4, -0.2) is 27.8 Å². The minimum absolute atomic E-state index is 0.278. The molecule has 0 saturated heterocycles. The molecule has 0 aliphatic carbocycles. The zero-order valence-corrected chi connectivity index (χ0v) is 17.6. The predicted octanol–water partition coefficient (Wildman–Crippen LogP) is 4.04. The topological polar surface area (TPSA) is 86.9 Å². The summed E-state index contributed by atoms with van der Waals surface area (Å²) in [5.74, 6) is -0.889. The van der Waals surface area contributed by atoms with E-state index in [1.165, 1.54) is 30.4 Å². The highest BCUT2D eigenvalue weighted by atomic mass is 32.1. The number of H-pyrrole nitrogens is 1. The number of hydrogen-bond acceptors (Lipinski definition) is 4. The number of fused-ring (bicyclic) bond motifs is 1. The van der Waals surface area contributed by atoms with Gasteiger partial charge in [-0.05, 0) is 29.3 Å². The molecular formula is C23H21FN4O2S.